The van der Waals surface area contributed by atoms with Gasteiger partial charge in [0.15, 0.2) is 6.23 Å². The highest BCUT2D eigenvalue weighted by Crippen LogP contribution is 2.33. The van der Waals surface area contributed by atoms with Gasteiger partial charge in [0.05, 0.1) is 11.8 Å². The summed E-state index contributed by atoms with van der Waals surface area (Å²) in [6.07, 6.45) is 5.08. The lowest BCUT2D eigenvalue weighted by molar-refractivity contribution is -0.0368. The van der Waals surface area contributed by atoms with E-state index in [0.29, 0.717) is 0 Å². The number of hydrogen-bond donors (Lipinski definition) is 0. The van der Waals surface area contributed by atoms with Crippen LogP contribution in [0.3, 0.4) is 0 Å². The summed E-state index contributed by atoms with van der Waals surface area (Å²) in [5.74, 6) is 0.866. The first kappa shape index (κ1) is 13.1. The third-order valence-corrected chi connectivity index (χ3v) is 4.48. The standard InChI is InChI=1S/C16H15BrN2O2/c17-16-12-10-11(14-4-3-9-20-14)6-7-13(12)19(18-16)15-5-1-2-8-21-15/h3-4,6-7,9-10,15H,1-2,5,8H2. The first-order chi connectivity index (χ1) is 10.3. The fourth-order valence-corrected chi connectivity index (χ4v) is 3.32. The van der Waals surface area contributed by atoms with Crippen molar-refractivity contribution in [1.82, 2.24) is 9.78 Å². The fourth-order valence-electron chi connectivity index (χ4n) is 2.84. The van der Waals surface area contributed by atoms with Crippen molar-refractivity contribution in [3.05, 3.63) is 41.2 Å². The first-order valence-corrected chi connectivity index (χ1v) is 7.95. The van der Waals surface area contributed by atoms with Crippen molar-refractivity contribution in [2.45, 2.75) is 25.5 Å². The van der Waals surface area contributed by atoms with Crippen LogP contribution in [0.1, 0.15) is 25.5 Å². The molecule has 21 heavy (non-hydrogen) atoms. The maximum atomic E-state index is 5.85. The second-order valence-corrected chi connectivity index (χ2v) is 6.02. The zero-order valence-electron chi connectivity index (χ0n) is 11.5. The maximum absolute atomic E-state index is 5.85. The Kier molecular flexibility index (Phi) is 3.31. The van der Waals surface area contributed by atoms with E-state index in [-0.39, 0.29) is 6.23 Å². The highest BCUT2D eigenvalue weighted by molar-refractivity contribution is 9.10. The van der Waals surface area contributed by atoms with E-state index in [1.807, 2.05) is 16.8 Å². The molecule has 0 aliphatic carbocycles. The number of nitrogens with zero attached hydrogens (tertiary/aromatic N) is 2. The minimum Gasteiger partial charge on any atom is -0.464 e. The van der Waals surface area contributed by atoms with Crippen LogP contribution in [0.2, 0.25) is 0 Å². The van der Waals surface area contributed by atoms with Crippen LogP contribution in [-0.2, 0) is 4.74 Å². The summed E-state index contributed by atoms with van der Waals surface area (Å²) in [7, 11) is 0. The van der Waals surface area contributed by atoms with Crippen molar-refractivity contribution >= 4 is 26.8 Å². The summed E-state index contributed by atoms with van der Waals surface area (Å²) in [5, 5.41) is 5.70. The van der Waals surface area contributed by atoms with E-state index in [0.717, 1.165) is 46.3 Å². The Balaban J connectivity index is 1.80. The molecule has 5 heteroatoms. The number of rotatable bonds is 2. The molecule has 0 saturated carbocycles. The molecule has 1 aliphatic rings. The van der Waals surface area contributed by atoms with Gasteiger partial charge in [0.1, 0.15) is 10.4 Å². The summed E-state index contributed by atoms with van der Waals surface area (Å²) in [6.45, 7) is 0.814. The number of halogens is 1. The van der Waals surface area contributed by atoms with Crippen molar-refractivity contribution in [3.63, 3.8) is 0 Å². The van der Waals surface area contributed by atoms with Crippen molar-refractivity contribution < 1.29 is 9.15 Å². The molecular weight excluding hydrogens is 332 g/mol. The normalized spacial score (nSPS) is 19.2. The van der Waals surface area contributed by atoms with E-state index in [1.165, 1.54) is 6.42 Å². The monoisotopic (exact) mass is 346 g/mol. The van der Waals surface area contributed by atoms with E-state index in [1.54, 1.807) is 6.26 Å². The Hall–Kier alpha value is -1.59. The number of aromatic nitrogens is 2. The molecule has 1 saturated heterocycles. The summed E-state index contributed by atoms with van der Waals surface area (Å²) >= 11 is 3.56. The van der Waals surface area contributed by atoms with Crippen LogP contribution in [0.25, 0.3) is 22.2 Å². The van der Waals surface area contributed by atoms with Gasteiger partial charge in [-0.1, -0.05) is 0 Å². The Morgan fingerprint density at radius 3 is 2.95 bits per heavy atom. The lowest BCUT2D eigenvalue weighted by Gasteiger charge is -2.23. The molecule has 0 amide bonds. The van der Waals surface area contributed by atoms with Gasteiger partial charge >= 0.3 is 0 Å². The third-order valence-electron chi connectivity index (χ3n) is 3.90. The van der Waals surface area contributed by atoms with Crippen LogP contribution in [0.4, 0.5) is 0 Å². The number of hydrogen-bond acceptors (Lipinski definition) is 3. The molecule has 0 spiro atoms. The van der Waals surface area contributed by atoms with Crippen LogP contribution in [0, 0.1) is 0 Å². The summed E-state index contributed by atoms with van der Waals surface area (Å²) in [5.41, 5.74) is 2.14. The zero-order chi connectivity index (χ0) is 14.2. The lowest BCUT2D eigenvalue weighted by Crippen LogP contribution is -2.19. The number of furan rings is 1. The van der Waals surface area contributed by atoms with Gasteiger partial charge in [-0.25, -0.2) is 4.68 Å². The molecule has 1 atom stereocenters. The largest absolute Gasteiger partial charge is 0.464 e. The van der Waals surface area contributed by atoms with Crippen LogP contribution in [0.15, 0.2) is 45.6 Å². The van der Waals surface area contributed by atoms with Crippen molar-refractivity contribution in [1.29, 1.82) is 0 Å². The van der Waals surface area contributed by atoms with Gasteiger partial charge in [-0.3, -0.25) is 0 Å². The second-order valence-electron chi connectivity index (χ2n) is 5.27. The average Bonchev–Trinajstić information content (AvgIpc) is 3.17. The molecule has 3 heterocycles. The average molecular weight is 347 g/mol. The molecule has 4 nitrogen and oxygen atoms in total. The molecule has 3 aromatic rings. The SMILES string of the molecule is Brc1nn(C2CCCCO2)c2ccc(-c3ccco3)cc12. The minimum atomic E-state index is 0.0435. The predicted octanol–water partition coefficient (Wildman–Crippen LogP) is 4.76. The molecule has 0 N–H and O–H groups in total. The number of benzene rings is 1. The van der Waals surface area contributed by atoms with Gasteiger partial charge in [-0.2, -0.15) is 5.10 Å². The topological polar surface area (TPSA) is 40.2 Å². The Morgan fingerprint density at radius 2 is 2.19 bits per heavy atom. The molecule has 1 unspecified atom stereocenters. The first-order valence-electron chi connectivity index (χ1n) is 7.16. The Morgan fingerprint density at radius 1 is 1.24 bits per heavy atom. The van der Waals surface area contributed by atoms with Gasteiger partial charge in [-0.05, 0) is 65.5 Å². The molecule has 0 bridgehead atoms. The van der Waals surface area contributed by atoms with Crippen molar-refractivity contribution in [2.75, 3.05) is 6.61 Å². The zero-order valence-corrected chi connectivity index (χ0v) is 13.0. The molecule has 2 aromatic heterocycles. The van der Waals surface area contributed by atoms with Crippen LogP contribution in [0.5, 0.6) is 0 Å². The van der Waals surface area contributed by atoms with Crippen LogP contribution < -0.4 is 0 Å². The lowest BCUT2D eigenvalue weighted by atomic mass is 10.1. The molecule has 1 aromatic carbocycles. The number of fused-ring (bicyclic) bond motifs is 1. The van der Waals surface area contributed by atoms with Crippen molar-refractivity contribution in [3.8, 4) is 11.3 Å². The van der Waals surface area contributed by atoms with Crippen LogP contribution >= 0.6 is 15.9 Å². The van der Waals surface area contributed by atoms with E-state index < -0.39 is 0 Å². The predicted molar refractivity (Wildman–Crippen MR) is 84.0 cm³/mol. The van der Waals surface area contributed by atoms with Gasteiger partial charge < -0.3 is 9.15 Å². The summed E-state index contributed by atoms with van der Waals surface area (Å²) in [4.78, 5) is 0. The summed E-state index contributed by atoms with van der Waals surface area (Å²) in [6, 6.07) is 10.1. The Labute approximate surface area is 130 Å². The third kappa shape index (κ3) is 2.30. The van der Waals surface area contributed by atoms with E-state index >= 15 is 0 Å². The molecule has 4 rings (SSSR count). The van der Waals surface area contributed by atoms with Gasteiger partial charge in [-0.15, -0.1) is 0 Å². The highest BCUT2D eigenvalue weighted by atomic mass is 79.9. The molecule has 1 aliphatic heterocycles. The fraction of sp³-hybridized carbons (Fsp3) is 0.312. The maximum Gasteiger partial charge on any atom is 0.150 e. The Bertz CT molecular complexity index is 758. The minimum absolute atomic E-state index is 0.0435. The van der Waals surface area contributed by atoms with Crippen LogP contribution in [-0.4, -0.2) is 16.4 Å². The molecule has 1 fully saturated rings. The quantitative estimate of drug-likeness (QED) is 0.671. The molecular formula is C16H15BrN2O2. The second kappa shape index (κ2) is 5.31. The summed E-state index contributed by atoms with van der Waals surface area (Å²) < 4.78 is 14.2. The van der Waals surface area contributed by atoms with Gasteiger partial charge in [0, 0.05) is 17.6 Å². The van der Waals surface area contributed by atoms with E-state index in [2.05, 4.69) is 39.2 Å². The highest BCUT2D eigenvalue weighted by Gasteiger charge is 2.20. The van der Waals surface area contributed by atoms with Gasteiger partial charge in [0.2, 0.25) is 0 Å². The molecule has 108 valence electrons. The van der Waals surface area contributed by atoms with Gasteiger partial charge in [0.25, 0.3) is 0 Å². The van der Waals surface area contributed by atoms with Crippen molar-refractivity contribution in [2.24, 2.45) is 0 Å². The van der Waals surface area contributed by atoms with E-state index in [4.69, 9.17) is 9.15 Å². The van der Waals surface area contributed by atoms with E-state index in [9.17, 15) is 0 Å². The molecule has 0 radical (unpaired) electrons. The smallest absolute Gasteiger partial charge is 0.150 e. The number of ether oxygens (including phenoxy) is 1.